The predicted molar refractivity (Wildman–Crippen MR) is 118 cm³/mol. The largest absolute Gasteiger partial charge is 0.395 e. The lowest BCUT2D eigenvalue weighted by Crippen LogP contribution is -2.51. The maximum atomic E-state index is 13.7. The summed E-state index contributed by atoms with van der Waals surface area (Å²) in [6.45, 7) is 5.22. The molecule has 1 aliphatic heterocycles. The molecule has 1 fully saturated rings. The normalized spacial score (nSPS) is 22.3. The van der Waals surface area contributed by atoms with Gasteiger partial charge in [0.1, 0.15) is 0 Å². The molecule has 2 amide bonds. The second-order valence-corrected chi connectivity index (χ2v) is 8.58. The molecule has 9 heteroatoms. The zero-order chi connectivity index (χ0) is 23.0. The molecule has 3 N–H and O–H groups in total. The van der Waals surface area contributed by atoms with Gasteiger partial charge >= 0.3 is 0 Å². The number of benzene rings is 1. The van der Waals surface area contributed by atoms with Crippen LogP contribution < -0.4 is 15.5 Å². The highest BCUT2D eigenvalue weighted by atomic mass is 19.1. The minimum Gasteiger partial charge on any atom is -0.395 e. The molecule has 2 heterocycles. The van der Waals surface area contributed by atoms with Crippen molar-refractivity contribution in [1.82, 2.24) is 15.3 Å². The predicted octanol–water partition coefficient (Wildman–Crippen LogP) is 2.58. The number of aromatic nitrogens is 2. The molecular formula is C23H28FN5O3. The van der Waals surface area contributed by atoms with Crippen molar-refractivity contribution in [2.75, 3.05) is 23.4 Å². The van der Waals surface area contributed by atoms with Crippen molar-refractivity contribution in [3.8, 4) is 0 Å². The first-order valence-corrected chi connectivity index (χ1v) is 10.9. The van der Waals surface area contributed by atoms with E-state index in [2.05, 4.69) is 27.5 Å². The van der Waals surface area contributed by atoms with E-state index < -0.39 is 5.82 Å². The molecule has 0 spiro atoms. The van der Waals surface area contributed by atoms with Gasteiger partial charge in [0.15, 0.2) is 5.82 Å². The molecule has 0 saturated heterocycles. The van der Waals surface area contributed by atoms with Gasteiger partial charge in [0.25, 0.3) is 5.91 Å². The van der Waals surface area contributed by atoms with Gasteiger partial charge < -0.3 is 20.6 Å². The van der Waals surface area contributed by atoms with Gasteiger partial charge in [-0.05, 0) is 49.4 Å². The van der Waals surface area contributed by atoms with E-state index >= 15 is 0 Å². The number of hydrogen-bond donors (Lipinski definition) is 3. The Morgan fingerprint density at radius 2 is 2.06 bits per heavy atom. The molecule has 0 radical (unpaired) electrons. The fraction of sp³-hybridized carbons (Fsp3) is 0.478. The van der Waals surface area contributed by atoms with Crippen LogP contribution in [0.4, 0.5) is 16.0 Å². The van der Waals surface area contributed by atoms with Crippen molar-refractivity contribution in [3.63, 3.8) is 0 Å². The summed E-state index contributed by atoms with van der Waals surface area (Å²) in [5.74, 6) is -0.110. The second-order valence-electron chi connectivity index (χ2n) is 8.58. The molecule has 3 atom stereocenters. The van der Waals surface area contributed by atoms with Gasteiger partial charge in [-0.1, -0.05) is 6.92 Å². The van der Waals surface area contributed by atoms with Crippen LogP contribution in [0.5, 0.6) is 0 Å². The Morgan fingerprint density at radius 1 is 1.31 bits per heavy atom. The van der Waals surface area contributed by atoms with Crippen LogP contribution in [0.15, 0.2) is 24.4 Å². The maximum absolute atomic E-state index is 13.7. The summed E-state index contributed by atoms with van der Waals surface area (Å²) in [5, 5.41) is 15.0. The van der Waals surface area contributed by atoms with Crippen LogP contribution in [0.2, 0.25) is 0 Å². The zero-order valence-corrected chi connectivity index (χ0v) is 18.4. The number of aliphatic hydroxyl groups excluding tert-OH is 1. The maximum Gasteiger partial charge on any atom is 0.251 e. The van der Waals surface area contributed by atoms with Crippen molar-refractivity contribution in [3.05, 3.63) is 47.0 Å². The summed E-state index contributed by atoms with van der Waals surface area (Å²) in [6.07, 6.45) is 3.27. The topological polar surface area (TPSA) is 107 Å². The number of carbonyl (C=O) groups excluding carboxylic acids is 2. The van der Waals surface area contributed by atoms with Crippen molar-refractivity contribution in [1.29, 1.82) is 0 Å². The highest BCUT2D eigenvalue weighted by Gasteiger charge is 2.47. The number of nitrogens with one attached hydrogen (secondary N) is 2. The van der Waals surface area contributed by atoms with Gasteiger partial charge in [-0.15, -0.1) is 0 Å². The second kappa shape index (κ2) is 8.82. The van der Waals surface area contributed by atoms with Crippen LogP contribution in [0.25, 0.3) is 0 Å². The number of carbonyl (C=O) groups is 2. The summed E-state index contributed by atoms with van der Waals surface area (Å²) in [4.78, 5) is 35.4. The lowest BCUT2D eigenvalue weighted by atomic mass is 9.79. The average molecular weight is 442 g/mol. The lowest BCUT2D eigenvalue weighted by molar-refractivity contribution is -0.117. The Hall–Kier alpha value is -3.07. The smallest absolute Gasteiger partial charge is 0.251 e. The average Bonchev–Trinajstić information content (AvgIpc) is 3.60. The van der Waals surface area contributed by atoms with E-state index in [0.29, 0.717) is 17.4 Å². The molecule has 32 heavy (non-hydrogen) atoms. The first-order valence-electron chi connectivity index (χ1n) is 10.9. The summed E-state index contributed by atoms with van der Waals surface area (Å²) < 4.78 is 13.7. The van der Waals surface area contributed by atoms with E-state index in [4.69, 9.17) is 5.11 Å². The fourth-order valence-electron chi connectivity index (χ4n) is 4.64. The Bertz CT molecular complexity index is 1040. The summed E-state index contributed by atoms with van der Waals surface area (Å²) in [6, 6.07) is 5.00. The number of amides is 2. The zero-order valence-electron chi connectivity index (χ0n) is 18.4. The summed E-state index contributed by atoms with van der Waals surface area (Å²) >= 11 is 0. The van der Waals surface area contributed by atoms with Crippen molar-refractivity contribution in [2.45, 2.75) is 45.7 Å². The third kappa shape index (κ3) is 4.17. The molecule has 170 valence electrons. The number of aryl methyl sites for hydroxylation is 1. The van der Waals surface area contributed by atoms with Gasteiger partial charge in [0, 0.05) is 36.7 Å². The summed E-state index contributed by atoms with van der Waals surface area (Å²) in [5.41, 5.74) is 2.21. The molecule has 1 aliphatic carbocycles. The Kier molecular flexibility index (Phi) is 6.10. The lowest BCUT2D eigenvalue weighted by Gasteiger charge is -2.45. The van der Waals surface area contributed by atoms with E-state index in [1.54, 1.807) is 32.0 Å². The Labute approximate surface area is 186 Å². The molecule has 1 aromatic heterocycles. The summed E-state index contributed by atoms with van der Waals surface area (Å²) in [7, 11) is 0. The number of nitrogens with zero attached hydrogens (tertiary/aromatic N) is 3. The minimum atomic E-state index is -0.478. The van der Waals surface area contributed by atoms with Crippen molar-refractivity contribution < 1.29 is 19.1 Å². The molecular weight excluding hydrogens is 413 g/mol. The molecule has 1 saturated carbocycles. The van der Waals surface area contributed by atoms with Crippen LogP contribution >= 0.6 is 0 Å². The van der Waals surface area contributed by atoms with E-state index in [1.807, 2.05) is 4.90 Å². The molecule has 2 aliphatic rings. The van der Waals surface area contributed by atoms with Gasteiger partial charge in [-0.2, -0.15) is 0 Å². The number of rotatable bonds is 6. The van der Waals surface area contributed by atoms with Crippen molar-refractivity contribution in [2.24, 2.45) is 11.8 Å². The van der Waals surface area contributed by atoms with Gasteiger partial charge in [-0.25, -0.2) is 14.4 Å². The highest BCUT2D eigenvalue weighted by molar-refractivity contribution is 5.98. The quantitative estimate of drug-likeness (QED) is 0.636. The van der Waals surface area contributed by atoms with Crippen LogP contribution in [0, 0.1) is 24.6 Å². The highest BCUT2D eigenvalue weighted by Crippen LogP contribution is 2.50. The first kappa shape index (κ1) is 22.1. The minimum absolute atomic E-state index is 0.00334. The van der Waals surface area contributed by atoms with Gasteiger partial charge in [0.2, 0.25) is 11.9 Å². The van der Waals surface area contributed by atoms with Crippen LogP contribution in [-0.4, -0.2) is 46.1 Å². The molecule has 4 rings (SSSR count). The third-order valence-corrected chi connectivity index (χ3v) is 6.29. The number of anilines is 2. The van der Waals surface area contributed by atoms with Crippen LogP contribution in [-0.2, 0) is 4.79 Å². The molecule has 3 unspecified atom stereocenters. The Balaban J connectivity index is 1.78. The number of fused-ring (bicyclic) bond motifs is 1. The number of aliphatic hydroxyl groups is 1. The van der Waals surface area contributed by atoms with E-state index in [0.717, 1.165) is 30.3 Å². The van der Waals surface area contributed by atoms with Crippen molar-refractivity contribution >= 4 is 23.5 Å². The number of hydrogen-bond acceptors (Lipinski definition) is 6. The SMILES string of the molecule is CC(=O)N1c2ccc(C(=O)NCCO)cc2C(Nc2ncc(F)c(C)n2)C(C)C1C1CC1. The molecule has 0 bridgehead atoms. The van der Waals surface area contributed by atoms with Gasteiger partial charge in [-0.3, -0.25) is 9.59 Å². The van der Waals surface area contributed by atoms with E-state index in [-0.39, 0.29) is 48.7 Å². The standard InChI is InChI=1S/C23H28FN5O3/c1-12-20(28-23-26-11-18(24)13(2)27-23)17-10-16(22(32)25-8-9-30)6-7-19(17)29(14(3)31)21(12)15-4-5-15/h6-7,10-12,15,20-21,30H,4-5,8-9H2,1-3H3,(H,25,32)(H,26,27,28). The Morgan fingerprint density at radius 3 is 2.69 bits per heavy atom. The van der Waals surface area contributed by atoms with Gasteiger partial charge in [0.05, 0.1) is 24.5 Å². The molecule has 8 nitrogen and oxygen atoms in total. The van der Waals surface area contributed by atoms with Crippen LogP contribution in [0.3, 0.4) is 0 Å². The molecule has 2 aromatic rings. The monoisotopic (exact) mass is 441 g/mol. The fourth-order valence-corrected chi connectivity index (χ4v) is 4.64. The number of halogens is 1. The molecule has 1 aromatic carbocycles. The van der Waals surface area contributed by atoms with E-state index in [9.17, 15) is 14.0 Å². The van der Waals surface area contributed by atoms with E-state index in [1.165, 1.54) is 0 Å². The third-order valence-electron chi connectivity index (χ3n) is 6.29. The van der Waals surface area contributed by atoms with Crippen LogP contribution in [0.1, 0.15) is 54.3 Å². The first-order chi connectivity index (χ1) is 15.3.